The van der Waals surface area contributed by atoms with Gasteiger partial charge in [-0.05, 0) is 50.9 Å². The molecule has 2 aliphatic rings. The lowest BCUT2D eigenvalue weighted by Gasteiger charge is -2.26. The van der Waals surface area contributed by atoms with Gasteiger partial charge in [-0.2, -0.15) is 0 Å². The zero-order valence-corrected chi connectivity index (χ0v) is 16.5. The van der Waals surface area contributed by atoms with Crippen molar-refractivity contribution in [1.82, 2.24) is 4.90 Å². The fourth-order valence-corrected chi connectivity index (χ4v) is 3.71. The largest absolute Gasteiger partial charge is 0.462 e. The van der Waals surface area contributed by atoms with E-state index in [9.17, 15) is 4.79 Å². The maximum Gasteiger partial charge on any atom is 0.305 e. The van der Waals surface area contributed by atoms with Crippen molar-refractivity contribution < 1.29 is 19.0 Å². The van der Waals surface area contributed by atoms with Crippen LogP contribution in [-0.4, -0.2) is 63.0 Å². The summed E-state index contributed by atoms with van der Waals surface area (Å²) in [6, 6.07) is 0. The highest BCUT2D eigenvalue weighted by atomic mass is 16.5. The number of ether oxygens (including phenoxy) is 3. The summed E-state index contributed by atoms with van der Waals surface area (Å²) in [6.45, 7) is 8.32. The SMILES string of the molecule is CCC(=O)OC1CCCC1CCC=CCCCOCCN1CCOCC1. The predicted molar refractivity (Wildman–Crippen MR) is 103 cm³/mol. The lowest BCUT2D eigenvalue weighted by molar-refractivity contribution is -0.150. The minimum absolute atomic E-state index is 0.0499. The van der Waals surface area contributed by atoms with Gasteiger partial charge in [0, 0.05) is 32.7 Å². The lowest BCUT2D eigenvalue weighted by atomic mass is 9.99. The Morgan fingerprint density at radius 1 is 1.15 bits per heavy atom. The fourth-order valence-electron chi connectivity index (χ4n) is 3.71. The van der Waals surface area contributed by atoms with Crippen LogP contribution in [0.1, 0.15) is 58.3 Å². The van der Waals surface area contributed by atoms with Gasteiger partial charge in [-0.1, -0.05) is 19.1 Å². The number of hydrogen-bond acceptors (Lipinski definition) is 5. The van der Waals surface area contributed by atoms with Crippen molar-refractivity contribution in [2.24, 2.45) is 5.92 Å². The van der Waals surface area contributed by atoms with Gasteiger partial charge < -0.3 is 14.2 Å². The molecule has 1 aliphatic carbocycles. The Hall–Kier alpha value is -0.910. The summed E-state index contributed by atoms with van der Waals surface area (Å²) in [5, 5.41) is 0. The zero-order valence-electron chi connectivity index (χ0n) is 16.5. The molecule has 0 aromatic heterocycles. The smallest absolute Gasteiger partial charge is 0.305 e. The first kappa shape index (κ1) is 21.4. The van der Waals surface area contributed by atoms with Gasteiger partial charge in [0.1, 0.15) is 6.10 Å². The van der Waals surface area contributed by atoms with Crippen LogP contribution in [0.3, 0.4) is 0 Å². The Bertz CT molecular complexity index is 407. The summed E-state index contributed by atoms with van der Waals surface area (Å²) in [7, 11) is 0. The molecule has 0 N–H and O–H groups in total. The molecule has 2 fully saturated rings. The van der Waals surface area contributed by atoms with Crippen LogP contribution in [0.4, 0.5) is 0 Å². The van der Waals surface area contributed by atoms with Gasteiger partial charge in [-0.25, -0.2) is 0 Å². The minimum Gasteiger partial charge on any atom is -0.462 e. The fraction of sp³-hybridized carbons (Fsp3) is 0.857. The van der Waals surface area contributed by atoms with E-state index in [0.717, 1.165) is 78.2 Å². The first-order valence-electron chi connectivity index (χ1n) is 10.5. The quantitative estimate of drug-likeness (QED) is 0.300. The van der Waals surface area contributed by atoms with E-state index in [-0.39, 0.29) is 12.1 Å². The molecule has 0 aromatic carbocycles. The van der Waals surface area contributed by atoms with Crippen LogP contribution < -0.4 is 0 Å². The van der Waals surface area contributed by atoms with E-state index >= 15 is 0 Å². The summed E-state index contributed by atoms with van der Waals surface area (Å²) in [6.07, 6.45) is 13.0. The molecule has 1 aliphatic heterocycles. The van der Waals surface area contributed by atoms with E-state index in [1.54, 1.807) is 0 Å². The maximum absolute atomic E-state index is 11.5. The molecule has 1 saturated carbocycles. The van der Waals surface area contributed by atoms with E-state index in [1.165, 1.54) is 12.8 Å². The van der Waals surface area contributed by atoms with E-state index in [4.69, 9.17) is 14.2 Å². The molecule has 150 valence electrons. The first-order chi connectivity index (χ1) is 12.8. The van der Waals surface area contributed by atoms with Crippen molar-refractivity contribution in [3.63, 3.8) is 0 Å². The Balaban J connectivity index is 1.42. The van der Waals surface area contributed by atoms with Crippen LogP contribution in [0.2, 0.25) is 0 Å². The Morgan fingerprint density at radius 2 is 1.96 bits per heavy atom. The molecule has 0 bridgehead atoms. The molecule has 0 amide bonds. The third-order valence-electron chi connectivity index (χ3n) is 5.35. The van der Waals surface area contributed by atoms with Gasteiger partial charge in [-0.15, -0.1) is 0 Å². The number of allylic oxidation sites excluding steroid dienone is 2. The van der Waals surface area contributed by atoms with Gasteiger partial charge in [0.2, 0.25) is 0 Å². The number of carbonyl (C=O) groups excluding carboxylic acids is 1. The third kappa shape index (κ3) is 8.65. The van der Waals surface area contributed by atoms with Crippen LogP contribution >= 0.6 is 0 Å². The summed E-state index contributed by atoms with van der Waals surface area (Å²) in [5.74, 6) is 0.504. The van der Waals surface area contributed by atoms with Crippen LogP contribution in [0.25, 0.3) is 0 Å². The average Bonchev–Trinajstić information content (AvgIpc) is 3.10. The molecular formula is C21H37NO4. The highest BCUT2D eigenvalue weighted by Gasteiger charge is 2.29. The molecule has 1 saturated heterocycles. The lowest BCUT2D eigenvalue weighted by Crippen LogP contribution is -2.38. The zero-order chi connectivity index (χ0) is 18.5. The molecule has 0 spiro atoms. The molecular weight excluding hydrogens is 330 g/mol. The number of unbranched alkanes of at least 4 members (excludes halogenated alkanes) is 1. The van der Waals surface area contributed by atoms with Gasteiger partial charge >= 0.3 is 5.97 Å². The molecule has 0 radical (unpaired) electrons. The maximum atomic E-state index is 11.5. The van der Waals surface area contributed by atoms with Crippen molar-refractivity contribution in [1.29, 1.82) is 0 Å². The van der Waals surface area contributed by atoms with Crippen molar-refractivity contribution in [2.75, 3.05) is 46.1 Å². The molecule has 26 heavy (non-hydrogen) atoms. The Morgan fingerprint density at radius 3 is 2.77 bits per heavy atom. The molecule has 5 nitrogen and oxygen atoms in total. The minimum atomic E-state index is -0.0499. The number of nitrogens with zero attached hydrogens (tertiary/aromatic N) is 1. The van der Waals surface area contributed by atoms with Gasteiger partial charge in [0.15, 0.2) is 0 Å². The van der Waals surface area contributed by atoms with Crippen molar-refractivity contribution >= 4 is 5.97 Å². The number of esters is 1. The first-order valence-corrected chi connectivity index (χ1v) is 10.5. The molecule has 5 heteroatoms. The molecule has 1 heterocycles. The Labute approximate surface area is 159 Å². The van der Waals surface area contributed by atoms with Crippen molar-refractivity contribution in [3.05, 3.63) is 12.2 Å². The van der Waals surface area contributed by atoms with E-state index < -0.39 is 0 Å². The summed E-state index contributed by atoms with van der Waals surface area (Å²) < 4.78 is 16.6. The Kier molecular flexibility index (Phi) is 10.9. The van der Waals surface area contributed by atoms with E-state index in [1.807, 2.05) is 6.92 Å². The molecule has 2 rings (SSSR count). The number of hydrogen-bond donors (Lipinski definition) is 0. The highest BCUT2D eigenvalue weighted by Crippen LogP contribution is 2.32. The van der Waals surface area contributed by atoms with E-state index in [2.05, 4.69) is 17.1 Å². The molecule has 0 aromatic rings. The van der Waals surface area contributed by atoms with Gasteiger partial charge in [-0.3, -0.25) is 9.69 Å². The normalized spacial score (nSPS) is 24.3. The second-order valence-corrected chi connectivity index (χ2v) is 7.33. The summed E-state index contributed by atoms with van der Waals surface area (Å²) in [4.78, 5) is 13.9. The van der Waals surface area contributed by atoms with Crippen molar-refractivity contribution in [3.8, 4) is 0 Å². The standard InChI is InChI=1S/C21H37NO4/c1-2-21(23)26-20-11-8-10-19(20)9-6-4-3-5-7-15-24-16-12-22-13-17-25-18-14-22/h3-4,19-20H,2,5-18H2,1H3. The highest BCUT2D eigenvalue weighted by molar-refractivity contribution is 5.69. The molecule has 2 atom stereocenters. The summed E-state index contributed by atoms with van der Waals surface area (Å²) in [5.41, 5.74) is 0. The second kappa shape index (κ2) is 13.3. The van der Waals surface area contributed by atoms with Gasteiger partial charge in [0.25, 0.3) is 0 Å². The second-order valence-electron chi connectivity index (χ2n) is 7.33. The van der Waals surface area contributed by atoms with Crippen LogP contribution in [0.5, 0.6) is 0 Å². The number of morpholine rings is 1. The van der Waals surface area contributed by atoms with Crippen LogP contribution in [0, 0.1) is 5.92 Å². The molecule has 2 unspecified atom stereocenters. The number of rotatable bonds is 12. The van der Waals surface area contributed by atoms with E-state index in [0.29, 0.717) is 12.3 Å². The predicted octanol–water partition coefficient (Wildman–Crippen LogP) is 3.57. The van der Waals surface area contributed by atoms with Crippen LogP contribution in [-0.2, 0) is 19.0 Å². The van der Waals surface area contributed by atoms with Crippen LogP contribution in [0.15, 0.2) is 12.2 Å². The number of carbonyl (C=O) groups is 1. The monoisotopic (exact) mass is 367 g/mol. The summed E-state index contributed by atoms with van der Waals surface area (Å²) >= 11 is 0. The topological polar surface area (TPSA) is 48.0 Å². The van der Waals surface area contributed by atoms with Crippen molar-refractivity contribution in [2.45, 2.75) is 64.4 Å². The average molecular weight is 368 g/mol. The third-order valence-corrected chi connectivity index (χ3v) is 5.35. The van der Waals surface area contributed by atoms with Gasteiger partial charge in [0.05, 0.1) is 19.8 Å².